The third kappa shape index (κ3) is 2.66. The average Bonchev–Trinajstić information content (AvgIpc) is 2.54. The van der Waals surface area contributed by atoms with Crippen LogP contribution < -0.4 is 4.74 Å². The van der Waals surface area contributed by atoms with Crippen molar-refractivity contribution in [3.63, 3.8) is 0 Å². The third-order valence-electron chi connectivity index (χ3n) is 4.75. The van der Waals surface area contributed by atoms with Gasteiger partial charge in [0.1, 0.15) is 11.9 Å². The van der Waals surface area contributed by atoms with E-state index in [0.717, 1.165) is 37.7 Å². The molecular weight excluding hydrogens is 250 g/mol. The predicted octanol–water partition coefficient (Wildman–Crippen LogP) is 3.84. The number of aliphatic hydroxyl groups excluding tert-OH is 1. The van der Waals surface area contributed by atoms with Gasteiger partial charge >= 0.3 is 0 Å². The number of methoxy groups -OCH3 is 1. The molecule has 0 spiro atoms. The maximum absolute atomic E-state index is 10.8. The number of rotatable bonds is 4. The quantitative estimate of drug-likeness (QED) is 0.906. The molecule has 0 bridgehead atoms. The number of nitriles is 1. The van der Waals surface area contributed by atoms with Crippen LogP contribution in [0, 0.1) is 22.7 Å². The lowest BCUT2D eigenvalue weighted by molar-refractivity contribution is 0.0227. The van der Waals surface area contributed by atoms with Gasteiger partial charge in [-0.1, -0.05) is 31.5 Å². The highest BCUT2D eigenvalue weighted by Crippen LogP contribution is 2.49. The minimum Gasteiger partial charge on any atom is -0.496 e. The minimum absolute atomic E-state index is 0.659. The lowest BCUT2D eigenvalue weighted by Crippen LogP contribution is -2.32. The zero-order valence-electron chi connectivity index (χ0n) is 12.3. The first kappa shape index (κ1) is 14.9. The highest BCUT2D eigenvalue weighted by molar-refractivity contribution is 5.37. The Labute approximate surface area is 121 Å². The van der Waals surface area contributed by atoms with Crippen LogP contribution in [-0.4, -0.2) is 12.2 Å². The first-order valence-electron chi connectivity index (χ1n) is 7.39. The van der Waals surface area contributed by atoms with E-state index in [-0.39, 0.29) is 0 Å². The molecule has 108 valence electrons. The van der Waals surface area contributed by atoms with Crippen molar-refractivity contribution in [2.45, 2.75) is 45.1 Å². The number of para-hydroxylation sites is 1. The monoisotopic (exact) mass is 273 g/mol. The molecule has 0 radical (unpaired) electrons. The summed E-state index contributed by atoms with van der Waals surface area (Å²) in [7, 11) is 1.60. The SMILES string of the molecule is CCC1CCC(C#N)(C(O)c2ccccc2OC)CC1. The summed E-state index contributed by atoms with van der Waals surface area (Å²) in [4.78, 5) is 0. The maximum atomic E-state index is 10.8. The van der Waals surface area contributed by atoms with Crippen LogP contribution in [0.1, 0.15) is 50.7 Å². The molecule has 1 N–H and O–H groups in total. The number of benzene rings is 1. The van der Waals surface area contributed by atoms with Crippen LogP contribution in [0.15, 0.2) is 24.3 Å². The van der Waals surface area contributed by atoms with Crippen molar-refractivity contribution >= 4 is 0 Å². The average molecular weight is 273 g/mol. The Morgan fingerprint density at radius 1 is 1.40 bits per heavy atom. The maximum Gasteiger partial charge on any atom is 0.124 e. The summed E-state index contributed by atoms with van der Waals surface area (Å²) in [6, 6.07) is 9.85. The van der Waals surface area contributed by atoms with E-state index in [4.69, 9.17) is 4.74 Å². The van der Waals surface area contributed by atoms with Gasteiger partial charge < -0.3 is 9.84 Å². The van der Waals surface area contributed by atoms with Crippen LogP contribution in [0.5, 0.6) is 5.75 Å². The van der Waals surface area contributed by atoms with E-state index in [1.807, 2.05) is 24.3 Å². The van der Waals surface area contributed by atoms with E-state index in [0.29, 0.717) is 11.7 Å². The van der Waals surface area contributed by atoms with Gasteiger partial charge in [-0.05, 0) is 37.7 Å². The first-order chi connectivity index (χ1) is 9.66. The van der Waals surface area contributed by atoms with Crippen LogP contribution in [0.3, 0.4) is 0 Å². The Morgan fingerprint density at radius 2 is 2.05 bits per heavy atom. The Hall–Kier alpha value is -1.53. The second kappa shape index (κ2) is 6.28. The fourth-order valence-electron chi connectivity index (χ4n) is 3.24. The Bertz CT molecular complexity index is 484. The molecule has 0 saturated heterocycles. The standard InChI is InChI=1S/C17H23NO2/c1-3-13-8-10-17(12-18,11-9-13)16(19)14-6-4-5-7-15(14)20-2/h4-7,13,16,19H,3,8-11H2,1-2H3. The molecule has 3 heteroatoms. The fourth-order valence-corrected chi connectivity index (χ4v) is 3.24. The highest BCUT2D eigenvalue weighted by Gasteiger charge is 2.43. The van der Waals surface area contributed by atoms with Gasteiger partial charge in [0, 0.05) is 5.56 Å². The van der Waals surface area contributed by atoms with E-state index >= 15 is 0 Å². The topological polar surface area (TPSA) is 53.2 Å². The van der Waals surface area contributed by atoms with Gasteiger partial charge in [-0.15, -0.1) is 0 Å². The summed E-state index contributed by atoms with van der Waals surface area (Å²) < 4.78 is 5.32. The Morgan fingerprint density at radius 3 is 2.60 bits per heavy atom. The van der Waals surface area contributed by atoms with Crippen molar-refractivity contribution in [1.29, 1.82) is 5.26 Å². The molecule has 1 saturated carbocycles. The zero-order chi connectivity index (χ0) is 14.6. The summed E-state index contributed by atoms with van der Waals surface area (Å²) in [5, 5.41) is 20.4. The summed E-state index contributed by atoms with van der Waals surface area (Å²) in [5.41, 5.74) is 0.0619. The fraction of sp³-hybridized carbons (Fsp3) is 0.588. The van der Waals surface area contributed by atoms with E-state index in [1.54, 1.807) is 7.11 Å². The highest BCUT2D eigenvalue weighted by atomic mass is 16.5. The van der Waals surface area contributed by atoms with Crippen LogP contribution in [0.4, 0.5) is 0 Å². The van der Waals surface area contributed by atoms with Crippen molar-refractivity contribution < 1.29 is 9.84 Å². The number of aliphatic hydroxyl groups is 1. The number of ether oxygens (including phenoxy) is 1. The molecule has 20 heavy (non-hydrogen) atoms. The molecule has 0 amide bonds. The first-order valence-corrected chi connectivity index (χ1v) is 7.39. The second-order valence-electron chi connectivity index (χ2n) is 5.76. The third-order valence-corrected chi connectivity index (χ3v) is 4.75. The number of nitrogens with zero attached hydrogens (tertiary/aromatic N) is 1. The molecule has 1 fully saturated rings. The van der Waals surface area contributed by atoms with E-state index in [2.05, 4.69) is 13.0 Å². The van der Waals surface area contributed by atoms with Crippen LogP contribution in [0.2, 0.25) is 0 Å². The molecule has 0 aromatic heterocycles. The summed E-state index contributed by atoms with van der Waals surface area (Å²) in [6.45, 7) is 2.20. The normalized spacial score (nSPS) is 27.6. The summed E-state index contributed by atoms with van der Waals surface area (Å²) >= 11 is 0. The molecule has 1 aromatic carbocycles. The molecule has 1 unspecified atom stereocenters. The minimum atomic E-state index is -0.776. The predicted molar refractivity (Wildman–Crippen MR) is 78.2 cm³/mol. The summed E-state index contributed by atoms with van der Waals surface area (Å²) in [6.07, 6.45) is 3.96. The molecule has 1 atom stereocenters. The Kier molecular flexibility index (Phi) is 4.67. The zero-order valence-corrected chi connectivity index (χ0v) is 12.3. The van der Waals surface area contributed by atoms with Crippen LogP contribution in [0.25, 0.3) is 0 Å². The molecule has 1 aliphatic rings. The number of hydrogen-bond donors (Lipinski definition) is 1. The summed E-state index contributed by atoms with van der Waals surface area (Å²) in [5.74, 6) is 1.36. The van der Waals surface area contributed by atoms with Crippen molar-refractivity contribution in [2.24, 2.45) is 11.3 Å². The number of hydrogen-bond acceptors (Lipinski definition) is 3. The molecule has 3 nitrogen and oxygen atoms in total. The van der Waals surface area contributed by atoms with Crippen molar-refractivity contribution in [1.82, 2.24) is 0 Å². The van der Waals surface area contributed by atoms with E-state index in [9.17, 15) is 10.4 Å². The largest absolute Gasteiger partial charge is 0.496 e. The van der Waals surface area contributed by atoms with Crippen molar-refractivity contribution in [3.05, 3.63) is 29.8 Å². The van der Waals surface area contributed by atoms with Gasteiger partial charge in [0.25, 0.3) is 0 Å². The van der Waals surface area contributed by atoms with Crippen molar-refractivity contribution in [3.8, 4) is 11.8 Å². The van der Waals surface area contributed by atoms with Gasteiger partial charge in [-0.3, -0.25) is 0 Å². The van der Waals surface area contributed by atoms with E-state index < -0.39 is 11.5 Å². The van der Waals surface area contributed by atoms with Crippen molar-refractivity contribution in [2.75, 3.05) is 7.11 Å². The van der Waals surface area contributed by atoms with Gasteiger partial charge in [-0.2, -0.15) is 5.26 Å². The molecule has 0 aliphatic heterocycles. The molecular formula is C17H23NO2. The van der Waals surface area contributed by atoms with Gasteiger partial charge in [-0.25, -0.2) is 0 Å². The lowest BCUT2D eigenvalue weighted by atomic mass is 9.66. The van der Waals surface area contributed by atoms with Gasteiger partial charge in [0.2, 0.25) is 0 Å². The van der Waals surface area contributed by atoms with Crippen LogP contribution in [-0.2, 0) is 0 Å². The van der Waals surface area contributed by atoms with Crippen LogP contribution >= 0.6 is 0 Å². The van der Waals surface area contributed by atoms with Gasteiger partial charge in [0.05, 0.1) is 18.6 Å². The lowest BCUT2D eigenvalue weighted by Gasteiger charge is -2.38. The molecule has 1 aliphatic carbocycles. The Balaban J connectivity index is 2.26. The molecule has 0 heterocycles. The smallest absolute Gasteiger partial charge is 0.124 e. The second-order valence-corrected chi connectivity index (χ2v) is 5.76. The molecule has 1 aromatic rings. The molecule has 2 rings (SSSR count). The van der Waals surface area contributed by atoms with Gasteiger partial charge in [0.15, 0.2) is 0 Å². The van der Waals surface area contributed by atoms with E-state index in [1.165, 1.54) is 0 Å².